The van der Waals surface area contributed by atoms with Gasteiger partial charge in [-0.1, -0.05) is 35.3 Å². The minimum atomic E-state index is -0.965. The SMILES string of the molecule is Cc1cccc(OCCC(=O)O[C@@H](C)C(=O)Nc2ccc(Cl)cc2Cl)c1. The van der Waals surface area contributed by atoms with Crippen LogP contribution in [-0.4, -0.2) is 24.6 Å². The minimum absolute atomic E-state index is 0.0350. The average molecular weight is 396 g/mol. The first-order valence-electron chi connectivity index (χ1n) is 8.00. The van der Waals surface area contributed by atoms with Crippen LogP contribution in [-0.2, 0) is 14.3 Å². The average Bonchev–Trinajstić information content (AvgIpc) is 2.57. The lowest BCUT2D eigenvalue weighted by Crippen LogP contribution is -2.30. The first-order valence-corrected chi connectivity index (χ1v) is 8.75. The molecule has 0 aromatic heterocycles. The van der Waals surface area contributed by atoms with Crippen LogP contribution in [0, 0.1) is 6.92 Å². The monoisotopic (exact) mass is 395 g/mol. The van der Waals surface area contributed by atoms with Gasteiger partial charge in [0, 0.05) is 5.02 Å². The summed E-state index contributed by atoms with van der Waals surface area (Å²) in [6.45, 7) is 3.60. The van der Waals surface area contributed by atoms with Gasteiger partial charge in [0.2, 0.25) is 0 Å². The zero-order chi connectivity index (χ0) is 19.1. The highest BCUT2D eigenvalue weighted by Gasteiger charge is 2.19. The summed E-state index contributed by atoms with van der Waals surface area (Å²) in [5.41, 5.74) is 1.46. The van der Waals surface area contributed by atoms with Gasteiger partial charge in [-0.05, 0) is 49.7 Å². The van der Waals surface area contributed by atoms with E-state index in [0.717, 1.165) is 5.56 Å². The van der Waals surface area contributed by atoms with E-state index >= 15 is 0 Å². The number of halogens is 2. The third-order valence-electron chi connectivity index (χ3n) is 3.43. The first kappa shape index (κ1) is 20.1. The molecular weight excluding hydrogens is 377 g/mol. The summed E-state index contributed by atoms with van der Waals surface area (Å²) in [6.07, 6.45) is -0.930. The molecule has 26 heavy (non-hydrogen) atoms. The number of hydrogen-bond acceptors (Lipinski definition) is 4. The zero-order valence-corrected chi connectivity index (χ0v) is 15.9. The summed E-state index contributed by atoms with van der Waals surface area (Å²) in [7, 11) is 0. The molecule has 0 aliphatic rings. The lowest BCUT2D eigenvalue weighted by molar-refractivity contribution is -0.153. The predicted octanol–water partition coefficient (Wildman–Crippen LogP) is 4.64. The molecule has 0 unspecified atom stereocenters. The summed E-state index contributed by atoms with van der Waals surface area (Å²) < 4.78 is 10.6. The second-order valence-electron chi connectivity index (χ2n) is 5.66. The second-order valence-corrected chi connectivity index (χ2v) is 6.50. The van der Waals surface area contributed by atoms with Crippen LogP contribution in [0.4, 0.5) is 5.69 Å². The number of benzene rings is 2. The fourth-order valence-corrected chi connectivity index (χ4v) is 2.55. The van der Waals surface area contributed by atoms with Gasteiger partial charge in [-0.15, -0.1) is 0 Å². The van der Waals surface area contributed by atoms with Gasteiger partial charge >= 0.3 is 5.97 Å². The molecule has 1 atom stereocenters. The Morgan fingerprint density at radius 2 is 1.92 bits per heavy atom. The van der Waals surface area contributed by atoms with Gasteiger partial charge in [0.1, 0.15) is 5.75 Å². The molecule has 0 radical (unpaired) electrons. The van der Waals surface area contributed by atoms with Gasteiger partial charge in [0.15, 0.2) is 6.10 Å². The van der Waals surface area contributed by atoms with Crippen molar-refractivity contribution >= 4 is 40.8 Å². The van der Waals surface area contributed by atoms with Crippen molar-refractivity contribution in [1.29, 1.82) is 0 Å². The maximum Gasteiger partial charge on any atom is 0.310 e. The van der Waals surface area contributed by atoms with Gasteiger partial charge in [0.05, 0.1) is 23.7 Å². The number of hydrogen-bond donors (Lipinski definition) is 1. The molecule has 0 spiro atoms. The number of anilines is 1. The van der Waals surface area contributed by atoms with E-state index < -0.39 is 18.0 Å². The van der Waals surface area contributed by atoms with Gasteiger partial charge in [-0.2, -0.15) is 0 Å². The molecular formula is C19H19Cl2NO4. The Kier molecular flexibility index (Phi) is 7.30. The molecule has 2 rings (SSSR count). The fraction of sp³-hybridized carbons (Fsp3) is 0.263. The Morgan fingerprint density at radius 1 is 1.15 bits per heavy atom. The van der Waals surface area contributed by atoms with E-state index in [0.29, 0.717) is 21.5 Å². The zero-order valence-electron chi connectivity index (χ0n) is 14.4. The van der Waals surface area contributed by atoms with Gasteiger partial charge in [0.25, 0.3) is 5.91 Å². The summed E-state index contributed by atoms with van der Waals surface area (Å²) in [4.78, 5) is 24.0. The van der Waals surface area contributed by atoms with Crippen molar-refractivity contribution in [2.24, 2.45) is 0 Å². The lowest BCUT2D eigenvalue weighted by atomic mass is 10.2. The molecule has 1 N–H and O–H groups in total. The normalized spacial score (nSPS) is 11.5. The quantitative estimate of drug-likeness (QED) is 0.693. The topological polar surface area (TPSA) is 64.6 Å². The van der Waals surface area contributed by atoms with E-state index in [9.17, 15) is 9.59 Å². The summed E-state index contributed by atoms with van der Waals surface area (Å²) in [6, 6.07) is 12.2. The molecule has 7 heteroatoms. The maximum atomic E-state index is 12.1. The van der Waals surface area contributed by atoms with Crippen LogP contribution in [0.3, 0.4) is 0 Å². The standard InChI is InChI=1S/C19H19Cl2NO4/c1-12-4-3-5-15(10-12)25-9-8-18(23)26-13(2)19(24)22-17-7-6-14(20)11-16(17)21/h3-7,10-11,13H,8-9H2,1-2H3,(H,22,24)/t13-/m0/s1. The third-order valence-corrected chi connectivity index (χ3v) is 3.98. The maximum absolute atomic E-state index is 12.1. The molecule has 2 aromatic carbocycles. The summed E-state index contributed by atoms with van der Waals surface area (Å²) in [5.74, 6) is -0.328. The van der Waals surface area contributed by atoms with Crippen LogP contribution in [0.1, 0.15) is 18.9 Å². The molecule has 1 amide bonds. The number of ether oxygens (including phenoxy) is 2. The largest absolute Gasteiger partial charge is 0.493 e. The van der Waals surface area contributed by atoms with Crippen molar-refractivity contribution < 1.29 is 19.1 Å². The van der Waals surface area contributed by atoms with Crippen LogP contribution in [0.15, 0.2) is 42.5 Å². The van der Waals surface area contributed by atoms with Crippen LogP contribution in [0.25, 0.3) is 0 Å². The molecule has 5 nitrogen and oxygen atoms in total. The van der Waals surface area contributed by atoms with Crippen LogP contribution in [0.2, 0.25) is 10.0 Å². The lowest BCUT2D eigenvalue weighted by Gasteiger charge is -2.14. The van der Waals surface area contributed by atoms with Crippen molar-refractivity contribution in [3.05, 3.63) is 58.1 Å². The van der Waals surface area contributed by atoms with Crippen LogP contribution in [0.5, 0.6) is 5.75 Å². The first-order chi connectivity index (χ1) is 12.3. The number of carbonyl (C=O) groups excluding carboxylic acids is 2. The van der Waals surface area contributed by atoms with Gasteiger partial charge in [-0.3, -0.25) is 9.59 Å². The molecule has 0 aliphatic carbocycles. The van der Waals surface area contributed by atoms with Crippen LogP contribution >= 0.6 is 23.2 Å². The van der Waals surface area contributed by atoms with Gasteiger partial charge in [-0.25, -0.2) is 0 Å². The number of aryl methyl sites for hydroxylation is 1. The molecule has 0 bridgehead atoms. The van der Waals surface area contributed by atoms with Crippen molar-refractivity contribution in [3.8, 4) is 5.75 Å². The van der Waals surface area contributed by atoms with Gasteiger partial charge < -0.3 is 14.8 Å². The number of rotatable bonds is 7. The Morgan fingerprint density at radius 3 is 2.62 bits per heavy atom. The Bertz CT molecular complexity index is 795. The Labute approximate surface area is 162 Å². The highest BCUT2D eigenvalue weighted by atomic mass is 35.5. The van der Waals surface area contributed by atoms with E-state index in [2.05, 4.69) is 5.32 Å². The number of esters is 1. The smallest absolute Gasteiger partial charge is 0.310 e. The van der Waals surface area contributed by atoms with E-state index in [1.54, 1.807) is 12.1 Å². The minimum Gasteiger partial charge on any atom is -0.493 e. The van der Waals surface area contributed by atoms with Crippen molar-refractivity contribution in [2.45, 2.75) is 26.4 Å². The molecule has 0 fully saturated rings. The van der Waals surface area contributed by atoms with E-state index in [1.165, 1.54) is 13.0 Å². The Balaban J connectivity index is 1.77. The molecule has 138 valence electrons. The predicted molar refractivity (Wildman–Crippen MR) is 102 cm³/mol. The summed E-state index contributed by atoms with van der Waals surface area (Å²) in [5, 5.41) is 3.35. The van der Waals surface area contributed by atoms with E-state index in [4.69, 9.17) is 32.7 Å². The highest BCUT2D eigenvalue weighted by Crippen LogP contribution is 2.25. The molecule has 0 saturated carbocycles. The van der Waals surface area contributed by atoms with Crippen molar-refractivity contribution in [1.82, 2.24) is 0 Å². The number of carbonyl (C=O) groups is 2. The highest BCUT2D eigenvalue weighted by molar-refractivity contribution is 6.36. The molecule has 0 aliphatic heterocycles. The molecule has 0 saturated heterocycles. The third kappa shape index (κ3) is 6.24. The second kappa shape index (κ2) is 9.46. The number of amides is 1. The summed E-state index contributed by atoms with van der Waals surface area (Å²) >= 11 is 11.8. The van der Waals surface area contributed by atoms with Crippen molar-refractivity contribution in [3.63, 3.8) is 0 Å². The van der Waals surface area contributed by atoms with Crippen LogP contribution < -0.4 is 10.1 Å². The molecule has 2 aromatic rings. The van der Waals surface area contributed by atoms with Crippen molar-refractivity contribution in [2.75, 3.05) is 11.9 Å². The van der Waals surface area contributed by atoms with E-state index in [-0.39, 0.29) is 13.0 Å². The van der Waals surface area contributed by atoms with E-state index in [1.807, 2.05) is 31.2 Å². The molecule has 0 heterocycles. The Hall–Kier alpha value is -2.24. The number of nitrogens with one attached hydrogen (secondary N) is 1. The fourth-order valence-electron chi connectivity index (χ4n) is 2.09.